The molecule has 0 fully saturated rings. The first-order valence-electron chi connectivity index (χ1n) is 8.01. The van der Waals surface area contributed by atoms with E-state index in [1.54, 1.807) is 50.3 Å². The summed E-state index contributed by atoms with van der Waals surface area (Å²) < 4.78 is 51.5. The maximum Gasteiger partial charge on any atom is 0.184 e. The second-order valence-corrected chi connectivity index (χ2v) is 10.4. The first kappa shape index (κ1) is 20.6. The number of hydrogen-bond acceptors (Lipinski definition) is 6. The second-order valence-electron chi connectivity index (χ2n) is 6.23. The third-order valence-electron chi connectivity index (χ3n) is 4.16. The van der Waals surface area contributed by atoms with Gasteiger partial charge in [-0.2, -0.15) is 10.5 Å². The van der Waals surface area contributed by atoms with Crippen LogP contribution in [0.2, 0.25) is 0 Å². The van der Waals surface area contributed by atoms with Crippen molar-refractivity contribution in [3.05, 3.63) is 59.7 Å². The molecule has 27 heavy (non-hydrogen) atoms. The predicted octanol–water partition coefficient (Wildman–Crippen LogP) is 2.58. The Kier molecular flexibility index (Phi) is 6.04. The van der Waals surface area contributed by atoms with Crippen molar-refractivity contribution in [3.8, 4) is 12.1 Å². The lowest BCUT2D eigenvalue weighted by Gasteiger charge is -2.18. The van der Waals surface area contributed by atoms with Gasteiger partial charge in [0, 0.05) is 0 Å². The van der Waals surface area contributed by atoms with E-state index in [-0.39, 0.29) is 9.79 Å². The standard InChI is InChI=1S/C19H18N2O4S2/c1-14-3-7-17(8-4-14)26(22,23)13-19(16(11-20)12-21)27(24,25)18-9-5-15(2)6-10-18/h3-10,16,19H,13H2,1-2H3. The molecule has 140 valence electrons. The highest BCUT2D eigenvalue weighted by Crippen LogP contribution is 2.26. The van der Waals surface area contributed by atoms with Crippen LogP contribution in [-0.4, -0.2) is 27.8 Å². The summed E-state index contributed by atoms with van der Waals surface area (Å²) in [5, 5.41) is 16.8. The molecule has 0 aliphatic carbocycles. The third-order valence-corrected chi connectivity index (χ3v) is 8.33. The van der Waals surface area contributed by atoms with Crippen molar-refractivity contribution in [1.82, 2.24) is 0 Å². The SMILES string of the molecule is Cc1ccc(S(=O)(=O)CC(C(C#N)C#N)S(=O)(=O)c2ccc(C)cc2)cc1. The molecule has 0 heterocycles. The molecule has 0 saturated heterocycles. The summed E-state index contributed by atoms with van der Waals surface area (Å²) in [6.45, 7) is 3.57. The Morgan fingerprint density at radius 2 is 1.19 bits per heavy atom. The molecule has 0 saturated carbocycles. The quantitative estimate of drug-likeness (QED) is 0.733. The van der Waals surface area contributed by atoms with Gasteiger partial charge in [-0.1, -0.05) is 35.4 Å². The lowest BCUT2D eigenvalue weighted by molar-refractivity contribution is 0.564. The van der Waals surface area contributed by atoms with E-state index in [9.17, 15) is 27.4 Å². The van der Waals surface area contributed by atoms with Crippen molar-refractivity contribution < 1.29 is 16.8 Å². The maximum absolute atomic E-state index is 13.0. The number of rotatable bonds is 6. The van der Waals surface area contributed by atoms with Crippen LogP contribution >= 0.6 is 0 Å². The van der Waals surface area contributed by atoms with Crippen molar-refractivity contribution in [1.29, 1.82) is 10.5 Å². The van der Waals surface area contributed by atoms with Crippen LogP contribution in [0.1, 0.15) is 11.1 Å². The minimum Gasteiger partial charge on any atom is -0.224 e. The van der Waals surface area contributed by atoms with Crippen molar-refractivity contribution in [2.75, 3.05) is 5.75 Å². The Labute approximate surface area is 159 Å². The highest BCUT2D eigenvalue weighted by atomic mass is 32.2. The lowest BCUT2D eigenvalue weighted by atomic mass is 10.1. The van der Waals surface area contributed by atoms with E-state index in [0.29, 0.717) is 0 Å². The summed E-state index contributed by atoms with van der Waals surface area (Å²) in [5.74, 6) is -2.46. The molecule has 0 N–H and O–H groups in total. The third kappa shape index (κ3) is 4.54. The number of benzene rings is 2. The summed E-state index contributed by atoms with van der Waals surface area (Å²) in [5.41, 5.74) is 1.68. The molecule has 2 aromatic rings. The van der Waals surface area contributed by atoms with E-state index in [0.717, 1.165) is 11.1 Å². The number of aryl methyl sites for hydroxylation is 2. The van der Waals surface area contributed by atoms with E-state index in [2.05, 4.69) is 0 Å². The summed E-state index contributed by atoms with van der Waals surface area (Å²) in [6.07, 6.45) is 0. The van der Waals surface area contributed by atoms with Gasteiger partial charge in [0.15, 0.2) is 25.6 Å². The van der Waals surface area contributed by atoms with Gasteiger partial charge in [0.2, 0.25) is 0 Å². The number of nitrogens with zero attached hydrogens (tertiary/aromatic N) is 2. The molecule has 0 bridgehead atoms. The van der Waals surface area contributed by atoms with Crippen LogP contribution in [0.5, 0.6) is 0 Å². The molecule has 0 aliphatic rings. The zero-order valence-corrected chi connectivity index (χ0v) is 16.5. The Balaban J connectivity index is 2.53. The highest BCUT2D eigenvalue weighted by Gasteiger charge is 2.39. The van der Waals surface area contributed by atoms with Crippen LogP contribution in [-0.2, 0) is 19.7 Å². The summed E-state index contributed by atoms with van der Waals surface area (Å²) in [7, 11) is -8.24. The van der Waals surface area contributed by atoms with Gasteiger partial charge in [-0.25, -0.2) is 16.8 Å². The second kappa shape index (κ2) is 7.91. The minimum atomic E-state index is -4.21. The molecule has 2 aromatic carbocycles. The zero-order valence-electron chi connectivity index (χ0n) is 14.8. The molecular weight excluding hydrogens is 384 g/mol. The van der Waals surface area contributed by atoms with Crippen molar-refractivity contribution in [3.63, 3.8) is 0 Å². The molecule has 0 spiro atoms. The first-order chi connectivity index (χ1) is 12.6. The van der Waals surface area contributed by atoms with Crippen LogP contribution in [0.4, 0.5) is 0 Å². The Hall–Kier alpha value is -2.68. The van der Waals surface area contributed by atoms with Crippen molar-refractivity contribution >= 4 is 19.7 Å². The summed E-state index contributed by atoms with van der Waals surface area (Å²) >= 11 is 0. The molecule has 1 unspecified atom stereocenters. The molecule has 0 amide bonds. The maximum atomic E-state index is 13.0. The van der Waals surface area contributed by atoms with Gasteiger partial charge in [-0.05, 0) is 38.1 Å². The minimum absolute atomic E-state index is 0.0492. The van der Waals surface area contributed by atoms with Gasteiger partial charge in [-0.3, -0.25) is 0 Å². The Bertz CT molecular complexity index is 1090. The van der Waals surface area contributed by atoms with Gasteiger partial charge < -0.3 is 0 Å². The van der Waals surface area contributed by atoms with Crippen molar-refractivity contribution in [2.45, 2.75) is 28.9 Å². The monoisotopic (exact) mass is 402 g/mol. The van der Waals surface area contributed by atoms with Gasteiger partial charge in [0.05, 0.1) is 27.7 Å². The Morgan fingerprint density at radius 3 is 1.59 bits per heavy atom. The van der Waals surface area contributed by atoms with E-state index in [1.807, 2.05) is 0 Å². The number of nitriles is 2. The summed E-state index contributed by atoms with van der Waals surface area (Å²) in [6, 6.07) is 15.0. The van der Waals surface area contributed by atoms with Crippen molar-refractivity contribution in [2.24, 2.45) is 5.92 Å². The molecule has 2 rings (SSSR count). The van der Waals surface area contributed by atoms with E-state index in [1.165, 1.54) is 24.3 Å². The molecule has 0 aliphatic heterocycles. The largest absolute Gasteiger partial charge is 0.224 e. The normalized spacial score (nSPS) is 12.9. The lowest BCUT2D eigenvalue weighted by Crippen LogP contribution is -2.35. The fourth-order valence-corrected chi connectivity index (χ4v) is 6.49. The average molecular weight is 402 g/mol. The molecule has 8 heteroatoms. The van der Waals surface area contributed by atoms with Gasteiger partial charge in [0.1, 0.15) is 5.25 Å². The van der Waals surface area contributed by atoms with Crippen LogP contribution in [0.25, 0.3) is 0 Å². The van der Waals surface area contributed by atoms with E-state index < -0.39 is 36.6 Å². The fraction of sp³-hybridized carbons (Fsp3) is 0.263. The smallest absolute Gasteiger partial charge is 0.184 e. The van der Waals surface area contributed by atoms with Gasteiger partial charge in [-0.15, -0.1) is 0 Å². The topological polar surface area (TPSA) is 116 Å². The highest BCUT2D eigenvalue weighted by molar-refractivity contribution is 7.95. The van der Waals surface area contributed by atoms with Gasteiger partial charge in [0.25, 0.3) is 0 Å². The number of sulfone groups is 2. The zero-order chi connectivity index (χ0) is 20.2. The summed E-state index contributed by atoms with van der Waals surface area (Å²) in [4.78, 5) is -0.167. The number of hydrogen-bond donors (Lipinski definition) is 0. The van der Waals surface area contributed by atoms with Gasteiger partial charge >= 0.3 is 0 Å². The molecular formula is C19H18N2O4S2. The first-order valence-corrected chi connectivity index (χ1v) is 11.2. The van der Waals surface area contributed by atoms with E-state index in [4.69, 9.17) is 0 Å². The fourth-order valence-electron chi connectivity index (χ4n) is 2.52. The molecule has 0 radical (unpaired) electrons. The molecule has 0 aromatic heterocycles. The van der Waals surface area contributed by atoms with E-state index >= 15 is 0 Å². The molecule has 6 nitrogen and oxygen atoms in total. The Morgan fingerprint density at radius 1 is 0.778 bits per heavy atom. The van der Waals surface area contributed by atoms with Crippen LogP contribution < -0.4 is 0 Å². The van der Waals surface area contributed by atoms with Crippen LogP contribution in [0.15, 0.2) is 58.3 Å². The molecule has 1 atom stereocenters. The van der Waals surface area contributed by atoms with Crippen LogP contribution in [0.3, 0.4) is 0 Å². The average Bonchev–Trinajstić information content (AvgIpc) is 2.62. The van der Waals surface area contributed by atoms with Crippen LogP contribution in [0, 0.1) is 42.4 Å². The predicted molar refractivity (Wildman–Crippen MR) is 100 cm³/mol.